The summed E-state index contributed by atoms with van der Waals surface area (Å²) in [7, 11) is 0. The molecule has 0 aromatic heterocycles. The van der Waals surface area contributed by atoms with Crippen molar-refractivity contribution in [2.75, 3.05) is 19.6 Å². The molecular weight excluding hydrogens is 552 g/mol. The van der Waals surface area contributed by atoms with E-state index in [2.05, 4.69) is 39.4 Å². The summed E-state index contributed by atoms with van der Waals surface area (Å²) >= 11 is 0. The Morgan fingerprint density at radius 2 is 1.50 bits per heavy atom. The van der Waals surface area contributed by atoms with E-state index in [1.165, 1.54) is 24.8 Å². The highest BCUT2D eigenvalue weighted by Crippen LogP contribution is 2.35. The number of benzene rings is 3. The second kappa shape index (κ2) is 13.6. The van der Waals surface area contributed by atoms with Gasteiger partial charge in [0.1, 0.15) is 0 Å². The van der Waals surface area contributed by atoms with Gasteiger partial charge in [-0.2, -0.15) is 0 Å². The molecular formula is C36H42N4O4. The predicted molar refractivity (Wildman–Crippen MR) is 169 cm³/mol. The van der Waals surface area contributed by atoms with Crippen LogP contribution in [0.2, 0.25) is 0 Å². The highest BCUT2D eigenvalue weighted by atomic mass is 16.4. The molecule has 2 N–H and O–H groups in total. The number of amides is 3. The molecule has 1 atom stereocenters. The van der Waals surface area contributed by atoms with E-state index in [1.54, 1.807) is 18.2 Å². The van der Waals surface area contributed by atoms with Crippen LogP contribution >= 0.6 is 0 Å². The van der Waals surface area contributed by atoms with Crippen molar-refractivity contribution in [1.82, 2.24) is 20.0 Å². The minimum Gasteiger partial charge on any atom is -0.478 e. The minimum atomic E-state index is -0.966. The number of urea groups is 1. The van der Waals surface area contributed by atoms with Crippen LogP contribution in [0.5, 0.6) is 0 Å². The Hall–Kier alpha value is -4.17. The maximum Gasteiger partial charge on any atom is 0.335 e. The van der Waals surface area contributed by atoms with Gasteiger partial charge in [0.05, 0.1) is 11.6 Å². The Bertz CT molecular complexity index is 1450. The third kappa shape index (κ3) is 6.97. The summed E-state index contributed by atoms with van der Waals surface area (Å²) in [5.74, 6) is -0.942. The molecule has 2 aliphatic heterocycles. The molecule has 44 heavy (non-hydrogen) atoms. The second-order valence-electron chi connectivity index (χ2n) is 12.5. The molecule has 8 nitrogen and oxygen atoms in total. The lowest BCUT2D eigenvalue weighted by molar-refractivity contribution is 0.0696. The van der Waals surface area contributed by atoms with Crippen molar-refractivity contribution in [3.63, 3.8) is 0 Å². The summed E-state index contributed by atoms with van der Waals surface area (Å²) in [6, 6.07) is 25.5. The van der Waals surface area contributed by atoms with E-state index in [0.717, 1.165) is 62.0 Å². The van der Waals surface area contributed by atoms with Crippen LogP contribution in [-0.2, 0) is 13.1 Å². The Morgan fingerprint density at radius 3 is 2.20 bits per heavy atom. The van der Waals surface area contributed by atoms with Gasteiger partial charge in [0.15, 0.2) is 0 Å². The number of nitrogens with one attached hydrogen (secondary N) is 1. The predicted octanol–water partition coefficient (Wildman–Crippen LogP) is 6.09. The fourth-order valence-electron chi connectivity index (χ4n) is 7.07. The van der Waals surface area contributed by atoms with Crippen molar-refractivity contribution in [3.05, 3.63) is 107 Å². The van der Waals surface area contributed by atoms with Crippen molar-refractivity contribution >= 4 is 17.9 Å². The molecule has 3 fully saturated rings. The van der Waals surface area contributed by atoms with Crippen LogP contribution in [0.15, 0.2) is 78.9 Å². The molecule has 0 unspecified atom stereocenters. The van der Waals surface area contributed by atoms with E-state index in [-0.39, 0.29) is 29.6 Å². The van der Waals surface area contributed by atoms with Crippen molar-refractivity contribution in [1.29, 1.82) is 0 Å². The first-order valence-electron chi connectivity index (χ1n) is 16.0. The Morgan fingerprint density at radius 1 is 0.773 bits per heavy atom. The van der Waals surface area contributed by atoms with Crippen LogP contribution in [0, 0.1) is 0 Å². The number of nitrogens with zero attached hydrogens (tertiary/aromatic N) is 3. The molecule has 3 aromatic rings. The van der Waals surface area contributed by atoms with Gasteiger partial charge in [-0.3, -0.25) is 9.69 Å². The van der Waals surface area contributed by atoms with Crippen molar-refractivity contribution in [2.24, 2.45) is 0 Å². The van der Waals surface area contributed by atoms with E-state index in [1.807, 2.05) is 41.3 Å². The van der Waals surface area contributed by atoms with Crippen LogP contribution in [0.1, 0.15) is 88.4 Å². The van der Waals surface area contributed by atoms with Gasteiger partial charge in [-0.1, -0.05) is 73.9 Å². The van der Waals surface area contributed by atoms with Gasteiger partial charge in [-0.05, 0) is 66.6 Å². The van der Waals surface area contributed by atoms with Crippen molar-refractivity contribution in [2.45, 2.75) is 76.2 Å². The SMILES string of the molecule is O=C(O)c1cccc(CN2C[C@@H](c3ccccc3)N(C3CCN(Cc4ccc(C(=O)NC5CCCCC5)cc4)CC3)C2=O)c1. The van der Waals surface area contributed by atoms with Gasteiger partial charge in [0.2, 0.25) is 0 Å². The summed E-state index contributed by atoms with van der Waals surface area (Å²) < 4.78 is 0. The third-order valence-electron chi connectivity index (χ3n) is 9.47. The fourth-order valence-corrected chi connectivity index (χ4v) is 7.07. The average Bonchev–Trinajstić information content (AvgIpc) is 3.38. The van der Waals surface area contributed by atoms with Crippen molar-refractivity contribution < 1.29 is 19.5 Å². The zero-order valence-corrected chi connectivity index (χ0v) is 25.2. The first-order valence-corrected chi connectivity index (χ1v) is 16.0. The third-order valence-corrected chi connectivity index (χ3v) is 9.47. The molecule has 1 saturated carbocycles. The maximum absolute atomic E-state index is 13.9. The Kier molecular flexibility index (Phi) is 9.26. The largest absolute Gasteiger partial charge is 0.478 e. The topological polar surface area (TPSA) is 93.2 Å². The fraction of sp³-hybridized carbons (Fsp3) is 0.417. The molecule has 230 valence electrons. The number of hydrogen-bond acceptors (Lipinski definition) is 4. The number of carbonyl (C=O) groups is 3. The number of carboxylic acid groups (broad SMARTS) is 1. The molecule has 2 saturated heterocycles. The molecule has 0 spiro atoms. The number of carboxylic acids is 1. The molecule has 3 aromatic carbocycles. The average molecular weight is 595 g/mol. The zero-order valence-electron chi connectivity index (χ0n) is 25.2. The van der Waals surface area contributed by atoms with Crippen LogP contribution in [-0.4, -0.2) is 69.4 Å². The van der Waals surface area contributed by atoms with Crippen molar-refractivity contribution in [3.8, 4) is 0 Å². The van der Waals surface area contributed by atoms with E-state index >= 15 is 0 Å². The standard InChI is InChI=1S/C36H42N4O4/c41-34(37-31-12-5-2-6-13-31)29-16-14-26(15-17-29)23-38-20-18-32(19-21-38)40-33(28-9-3-1-4-10-28)25-39(36(40)44)24-27-8-7-11-30(22-27)35(42)43/h1,3-4,7-11,14-17,22,31-33H,2,5-6,12-13,18-21,23-25H2,(H,37,41)(H,42,43)/t33-/m0/s1. The van der Waals surface area contributed by atoms with Crippen LogP contribution < -0.4 is 5.32 Å². The van der Waals surface area contributed by atoms with E-state index in [0.29, 0.717) is 19.1 Å². The highest BCUT2D eigenvalue weighted by molar-refractivity contribution is 5.94. The molecule has 3 aliphatic rings. The molecule has 0 bridgehead atoms. The minimum absolute atomic E-state index is 0.0140. The van der Waals surface area contributed by atoms with E-state index in [4.69, 9.17) is 0 Å². The quantitative estimate of drug-likeness (QED) is 0.313. The highest BCUT2D eigenvalue weighted by Gasteiger charge is 2.42. The lowest BCUT2D eigenvalue weighted by atomic mass is 9.95. The Labute approximate surface area is 259 Å². The van der Waals surface area contributed by atoms with Gasteiger partial charge >= 0.3 is 12.0 Å². The molecule has 0 radical (unpaired) electrons. The summed E-state index contributed by atoms with van der Waals surface area (Å²) in [6.07, 6.45) is 7.59. The van der Waals surface area contributed by atoms with Crippen LogP contribution in [0.4, 0.5) is 4.79 Å². The van der Waals surface area contributed by atoms with Gasteiger partial charge in [0.25, 0.3) is 5.91 Å². The van der Waals surface area contributed by atoms with E-state index < -0.39 is 5.97 Å². The van der Waals surface area contributed by atoms with Gasteiger partial charge in [0, 0.05) is 50.4 Å². The number of likely N-dealkylation sites (tertiary alicyclic amines) is 1. The number of aromatic carboxylic acids is 1. The lowest BCUT2D eigenvalue weighted by Crippen LogP contribution is -2.47. The number of rotatable bonds is 9. The Balaban J connectivity index is 1.07. The number of carbonyl (C=O) groups excluding carboxylic acids is 2. The molecule has 3 amide bonds. The molecule has 6 rings (SSSR count). The zero-order chi connectivity index (χ0) is 30.5. The number of piperidine rings is 1. The van der Waals surface area contributed by atoms with Gasteiger partial charge in [-0.15, -0.1) is 0 Å². The van der Waals surface area contributed by atoms with Crippen LogP contribution in [0.25, 0.3) is 0 Å². The van der Waals surface area contributed by atoms with E-state index in [9.17, 15) is 19.5 Å². The van der Waals surface area contributed by atoms with Gasteiger partial charge in [-0.25, -0.2) is 9.59 Å². The monoisotopic (exact) mass is 594 g/mol. The maximum atomic E-state index is 13.9. The van der Waals surface area contributed by atoms with Crippen LogP contribution in [0.3, 0.4) is 0 Å². The summed E-state index contributed by atoms with van der Waals surface area (Å²) in [4.78, 5) is 44.5. The smallest absolute Gasteiger partial charge is 0.335 e. The molecule has 8 heteroatoms. The first kappa shape index (κ1) is 29.9. The lowest BCUT2D eigenvalue weighted by Gasteiger charge is -2.39. The molecule has 1 aliphatic carbocycles. The second-order valence-corrected chi connectivity index (χ2v) is 12.5. The van der Waals surface area contributed by atoms with Gasteiger partial charge < -0.3 is 20.2 Å². The summed E-state index contributed by atoms with van der Waals surface area (Å²) in [5.41, 5.74) is 4.08. The normalized spacial score (nSPS) is 20.2. The number of hydrogen-bond donors (Lipinski definition) is 2. The molecule has 2 heterocycles. The summed E-state index contributed by atoms with van der Waals surface area (Å²) in [6.45, 7) is 3.55. The first-order chi connectivity index (χ1) is 21.4. The summed E-state index contributed by atoms with van der Waals surface area (Å²) in [5, 5.41) is 12.6.